The van der Waals surface area contributed by atoms with Gasteiger partial charge < -0.3 is 0 Å². The first-order valence-electron chi connectivity index (χ1n) is 6.31. The number of hydrogen-bond acceptors (Lipinski definition) is 2. The van der Waals surface area contributed by atoms with Gasteiger partial charge >= 0.3 is 0 Å². The lowest BCUT2D eigenvalue weighted by Gasteiger charge is -2.03. The van der Waals surface area contributed by atoms with E-state index in [1.54, 1.807) is 11.3 Å². The van der Waals surface area contributed by atoms with E-state index in [1.165, 1.54) is 36.8 Å². The molecule has 0 amide bonds. The van der Waals surface area contributed by atoms with E-state index in [1.807, 2.05) is 6.92 Å². The van der Waals surface area contributed by atoms with Gasteiger partial charge in [-0.25, -0.2) is 4.98 Å². The van der Waals surface area contributed by atoms with Crippen LogP contribution in [0.5, 0.6) is 0 Å². The summed E-state index contributed by atoms with van der Waals surface area (Å²) in [5.74, 6) is 0. The van der Waals surface area contributed by atoms with Gasteiger partial charge in [-0.2, -0.15) is 0 Å². The zero-order valence-electron chi connectivity index (χ0n) is 10.6. The van der Waals surface area contributed by atoms with Crippen molar-refractivity contribution in [3.05, 3.63) is 40.9 Å². The normalized spacial score (nSPS) is 10.7. The van der Waals surface area contributed by atoms with Crippen molar-refractivity contribution in [2.45, 2.75) is 39.5 Å². The monoisotopic (exact) mass is 245 g/mol. The molecule has 0 atom stereocenters. The first-order valence-corrected chi connectivity index (χ1v) is 7.19. The van der Waals surface area contributed by atoms with Gasteiger partial charge in [0.05, 0.1) is 0 Å². The van der Waals surface area contributed by atoms with Crippen molar-refractivity contribution in [2.24, 2.45) is 0 Å². The summed E-state index contributed by atoms with van der Waals surface area (Å²) in [6, 6.07) is 8.81. The molecule has 0 unspecified atom stereocenters. The van der Waals surface area contributed by atoms with Gasteiger partial charge in [-0.3, -0.25) is 0 Å². The lowest BCUT2D eigenvalue weighted by atomic mass is 10.0. The zero-order valence-corrected chi connectivity index (χ0v) is 11.4. The van der Waals surface area contributed by atoms with Crippen LogP contribution in [-0.2, 0) is 6.42 Å². The Morgan fingerprint density at radius 3 is 2.82 bits per heavy atom. The van der Waals surface area contributed by atoms with Gasteiger partial charge in [0.25, 0.3) is 0 Å². The Balaban J connectivity index is 2.11. The minimum absolute atomic E-state index is 1.11. The average Bonchev–Trinajstić information content (AvgIpc) is 2.77. The number of aromatic nitrogens is 1. The highest BCUT2D eigenvalue weighted by atomic mass is 32.1. The van der Waals surface area contributed by atoms with Crippen LogP contribution in [0.1, 0.15) is 37.4 Å². The van der Waals surface area contributed by atoms with Crippen molar-refractivity contribution in [1.29, 1.82) is 0 Å². The average molecular weight is 245 g/mol. The van der Waals surface area contributed by atoms with E-state index >= 15 is 0 Å². The highest BCUT2D eigenvalue weighted by Gasteiger charge is 2.03. The van der Waals surface area contributed by atoms with Crippen LogP contribution in [0.2, 0.25) is 0 Å². The fourth-order valence-electron chi connectivity index (χ4n) is 1.93. The third-order valence-corrected chi connectivity index (χ3v) is 3.87. The molecule has 0 aliphatic heterocycles. The Kier molecular flexibility index (Phi) is 4.32. The highest BCUT2D eigenvalue weighted by Crippen LogP contribution is 2.24. The summed E-state index contributed by atoms with van der Waals surface area (Å²) in [6.07, 6.45) is 5.08. The minimum Gasteiger partial charge on any atom is -0.241 e. The second kappa shape index (κ2) is 5.97. The maximum Gasteiger partial charge on any atom is 0.123 e. The van der Waals surface area contributed by atoms with E-state index in [4.69, 9.17) is 0 Å². The molecule has 2 rings (SSSR count). The Morgan fingerprint density at radius 2 is 2.12 bits per heavy atom. The Bertz CT molecular complexity index is 473. The molecule has 0 saturated carbocycles. The molecule has 90 valence electrons. The molecule has 17 heavy (non-hydrogen) atoms. The van der Waals surface area contributed by atoms with E-state index < -0.39 is 0 Å². The van der Waals surface area contributed by atoms with Gasteiger partial charge in [0, 0.05) is 16.6 Å². The number of benzene rings is 1. The molecule has 0 fully saturated rings. The first-order chi connectivity index (χ1) is 8.29. The molecule has 0 N–H and O–H groups in total. The molecule has 0 saturated heterocycles. The second-order valence-electron chi connectivity index (χ2n) is 4.45. The van der Waals surface area contributed by atoms with E-state index in [2.05, 4.69) is 41.6 Å². The predicted octanol–water partition coefficient (Wildman–Crippen LogP) is 4.85. The molecule has 0 aliphatic rings. The van der Waals surface area contributed by atoms with Crippen LogP contribution in [0.25, 0.3) is 10.6 Å². The van der Waals surface area contributed by atoms with Crippen LogP contribution in [-0.4, -0.2) is 4.98 Å². The second-order valence-corrected chi connectivity index (χ2v) is 5.31. The van der Waals surface area contributed by atoms with E-state index in [0.29, 0.717) is 0 Å². The van der Waals surface area contributed by atoms with Crippen molar-refractivity contribution < 1.29 is 0 Å². The van der Waals surface area contributed by atoms with Crippen LogP contribution >= 0.6 is 11.3 Å². The third kappa shape index (κ3) is 3.40. The molecule has 0 radical (unpaired) electrons. The molecule has 0 bridgehead atoms. The highest BCUT2D eigenvalue weighted by molar-refractivity contribution is 7.13. The molecule has 0 aliphatic carbocycles. The number of thiazole rings is 1. The summed E-state index contributed by atoms with van der Waals surface area (Å²) in [4.78, 5) is 4.54. The summed E-state index contributed by atoms with van der Waals surface area (Å²) in [5.41, 5.74) is 3.81. The van der Waals surface area contributed by atoms with Gasteiger partial charge in [-0.15, -0.1) is 11.3 Å². The molecule has 2 aromatic rings. The number of nitrogens with zero attached hydrogens (tertiary/aromatic N) is 1. The Hall–Kier alpha value is -1.15. The predicted molar refractivity (Wildman–Crippen MR) is 75.5 cm³/mol. The number of unbranched alkanes of at least 4 members (excludes halogenated alkanes) is 2. The van der Waals surface area contributed by atoms with Gasteiger partial charge in [0.15, 0.2) is 0 Å². The largest absolute Gasteiger partial charge is 0.241 e. The van der Waals surface area contributed by atoms with Gasteiger partial charge in [0.2, 0.25) is 0 Å². The smallest absolute Gasteiger partial charge is 0.123 e. The molecule has 0 spiro atoms. The van der Waals surface area contributed by atoms with E-state index in [-0.39, 0.29) is 0 Å². The SMILES string of the molecule is CCCCCc1cccc(-c2nc(C)cs2)c1. The van der Waals surface area contributed by atoms with Crippen LogP contribution < -0.4 is 0 Å². The maximum absolute atomic E-state index is 4.54. The fraction of sp³-hybridized carbons (Fsp3) is 0.400. The van der Waals surface area contributed by atoms with Crippen LogP contribution in [0.4, 0.5) is 0 Å². The molecule has 2 heteroatoms. The van der Waals surface area contributed by atoms with Crippen LogP contribution in [0, 0.1) is 6.92 Å². The lowest BCUT2D eigenvalue weighted by Crippen LogP contribution is -1.86. The van der Waals surface area contributed by atoms with Crippen molar-refractivity contribution in [3.8, 4) is 10.6 Å². The molecule has 1 nitrogen and oxygen atoms in total. The summed E-state index contributed by atoms with van der Waals surface area (Å²) < 4.78 is 0. The molecule has 1 heterocycles. The Labute approximate surface area is 108 Å². The zero-order chi connectivity index (χ0) is 12.1. The topological polar surface area (TPSA) is 12.9 Å². The Morgan fingerprint density at radius 1 is 1.24 bits per heavy atom. The molecular weight excluding hydrogens is 226 g/mol. The number of aryl methyl sites for hydroxylation is 2. The number of hydrogen-bond donors (Lipinski definition) is 0. The van der Waals surface area contributed by atoms with Crippen molar-refractivity contribution in [3.63, 3.8) is 0 Å². The quantitative estimate of drug-likeness (QED) is 0.686. The van der Waals surface area contributed by atoms with Crippen LogP contribution in [0.3, 0.4) is 0 Å². The third-order valence-electron chi connectivity index (χ3n) is 2.86. The van der Waals surface area contributed by atoms with Gasteiger partial charge in [-0.1, -0.05) is 38.0 Å². The lowest BCUT2D eigenvalue weighted by molar-refractivity contribution is 0.717. The van der Waals surface area contributed by atoms with Crippen LogP contribution in [0.15, 0.2) is 29.6 Å². The van der Waals surface area contributed by atoms with E-state index in [9.17, 15) is 0 Å². The first kappa shape index (κ1) is 12.3. The summed E-state index contributed by atoms with van der Waals surface area (Å²) in [6.45, 7) is 4.29. The molecular formula is C15H19NS. The van der Waals surface area contributed by atoms with Gasteiger partial charge in [-0.05, 0) is 31.4 Å². The maximum atomic E-state index is 4.54. The van der Waals surface area contributed by atoms with E-state index in [0.717, 1.165) is 10.7 Å². The summed E-state index contributed by atoms with van der Waals surface area (Å²) >= 11 is 1.73. The molecule has 1 aromatic heterocycles. The number of rotatable bonds is 5. The van der Waals surface area contributed by atoms with Crippen molar-refractivity contribution in [1.82, 2.24) is 4.98 Å². The molecule has 1 aromatic carbocycles. The summed E-state index contributed by atoms with van der Waals surface area (Å²) in [5, 5.41) is 3.25. The van der Waals surface area contributed by atoms with Crippen molar-refractivity contribution >= 4 is 11.3 Å². The van der Waals surface area contributed by atoms with Crippen molar-refractivity contribution in [2.75, 3.05) is 0 Å². The standard InChI is InChI=1S/C15H19NS/c1-3-4-5-7-13-8-6-9-14(10-13)15-16-12(2)11-17-15/h6,8-11H,3-5,7H2,1-2H3. The van der Waals surface area contributed by atoms with Gasteiger partial charge in [0.1, 0.15) is 5.01 Å². The fourth-order valence-corrected chi connectivity index (χ4v) is 2.72. The summed E-state index contributed by atoms with van der Waals surface area (Å²) in [7, 11) is 0. The minimum atomic E-state index is 1.11.